The van der Waals surface area contributed by atoms with Crippen LogP contribution in [-0.2, 0) is 0 Å². The minimum atomic E-state index is -0.147. The molecule has 15 heavy (non-hydrogen) atoms. The Morgan fingerprint density at radius 1 is 1.53 bits per heavy atom. The highest BCUT2D eigenvalue weighted by Crippen LogP contribution is 2.46. The molecule has 1 aromatic carbocycles. The number of nitrogens with two attached hydrogens (primary N) is 1. The molecule has 0 radical (unpaired) electrons. The van der Waals surface area contributed by atoms with Gasteiger partial charge in [0.05, 0.1) is 6.10 Å². The zero-order valence-corrected chi connectivity index (χ0v) is 9.76. The maximum atomic E-state index is 9.38. The summed E-state index contributed by atoms with van der Waals surface area (Å²) in [5, 5.41) is 9.38. The Morgan fingerprint density at radius 3 is 2.80 bits per heavy atom. The van der Waals surface area contributed by atoms with Crippen molar-refractivity contribution in [3.8, 4) is 0 Å². The zero-order chi connectivity index (χ0) is 10.9. The van der Waals surface area contributed by atoms with Gasteiger partial charge in [0.15, 0.2) is 0 Å². The Balaban J connectivity index is 2.07. The lowest BCUT2D eigenvalue weighted by Gasteiger charge is -2.44. The molecule has 0 heterocycles. The van der Waals surface area contributed by atoms with Crippen LogP contribution in [0.3, 0.4) is 0 Å². The summed E-state index contributed by atoms with van der Waals surface area (Å²) in [7, 11) is 0. The molecule has 1 aromatic rings. The number of thioether (sulfide) groups is 1. The molecule has 2 nitrogen and oxygen atoms in total. The van der Waals surface area contributed by atoms with Crippen LogP contribution in [0.4, 0.5) is 0 Å². The molecule has 0 atom stereocenters. The first-order valence-corrected chi connectivity index (χ1v) is 6.09. The Morgan fingerprint density at radius 2 is 2.27 bits per heavy atom. The second kappa shape index (κ2) is 4.16. The number of rotatable bonds is 3. The van der Waals surface area contributed by atoms with E-state index in [4.69, 9.17) is 5.73 Å². The van der Waals surface area contributed by atoms with Crippen molar-refractivity contribution in [2.45, 2.75) is 35.5 Å². The van der Waals surface area contributed by atoms with E-state index < -0.39 is 0 Å². The van der Waals surface area contributed by atoms with E-state index >= 15 is 0 Å². The van der Waals surface area contributed by atoms with Crippen LogP contribution in [0.15, 0.2) is 29.2 Å². The fraction of sp³-hybridized carbons (Fsp3) is 0.500. The van der Waals surface area contributed by atoms with E-state index in [0.29, 0.717) is 6.54 Å². The second-order valence-corrected chi connectivity index (χ2v) is 5.91. The van der Waals surface area contributed by atoms with Crippen molar-refractivity contribution in [1.82, 2.24) is 0 Å². The van der Waals surface area contributed by atoms with Gasteiger partial charge in [-0.1, -0.05) is 17.7 Å². The summed E-state index contributed by atoms with van der Waals surface area (Å²) >= 11 is 1.81. The predicted octanol–water partition coefficient (Wildman–Crippen LogP) is 1.94. The highest BCUT2D eigenvalue weighted by Gasteiger charge is 2.43. The van der Waals surface area contributed by atoms with Crippen LogP contribution in [0.25, 0.3) is 0 Å². The number of hydrogen-bond acceptors (Lipinski definition) is 3. The highest BCUT2D eigenvalue weighted by atomic mass is 32.2. The molecule has 1 aliphatic rings. The molecule has 0 aromatic heterocycles. The van der Waals surface area contributed by atoms with E-state index in [1.165, 1.54) is 10.5 Å². The fourth-order valence-corrected chi connectivity index (χ4v) is 3.55. The number of aliphatic hydroxyl groups is 1. The predicted molar refractivity (Wildman–Crippen MR) is 64.1 cm³/mol. The van der Waals surface area contributed by atoms with Crippen LogP contribution in [0.1, 0.15) is 18.4 Å². The molecular weight excluding hydrogens is 206 g/mol. The largest absolute Gasteiger partial charge is 0.393 e. The lowest BCUT2D eigenvalue weighted by molar-refractivity contribution is 0.0643. The summed E-state index contributed by atoms with van der Waals surface area (Å²) in [5.41, 5.74) is 7.06. The van der Waals surface area contributed by atoms with Crippen LogP contribution in [0.2, 0.25) is 0 Å². The number of hydrogen-bond donors (Lipinski definition) is 2. The number of benzene rings is 1. The van der Waals surface area contributed by atoms with E-state index in [0.717, 1.165) is 12.8 Å². The number of aryl methyl sites for hydroxylation is 1. The minimum Gasteiger partial charge on any atom is -0.393 e. The summed E-state index contributed by atoms with van der Waals surface area (Å²) in [6, 6.07) is 8.44. The van der Waals surface area contributed by atoms with Gasteiger partial charge in [-0.2, -0.15) is 0 Å². The van der Waals surface area contributed by atoms with Gasteiger partial charge in [0.1, 0.15) is 0 Å². The lowest BCUT2D eigenvalue weighted by atomic mass is 9.81. The molecule has 3 heteroatoms. The third-order valence-electron chi connectivity index (χ3n) is 2.91. The van der Waals surface area contributed by atoms with Crippen molar-refractivity contribution in [2.24, 2.45) is 5.73 Å². The smallest absolute Gasteiger partial charge is 0.0568 e. The first-order valence-electron chi connectivity index (χ1n) is 5.27. The molecule has 1 saturated carbocycles. The summed E-state index contributed by atoms with van der Waals surface area (Å²) in [4.78, 5) is 1.26. The average Bonchev–Trinajstić information content (AvgIpc) is 2.15. The molecule has 0 bridgehead atoms. The summed E-state index contributed by atoms with van der Waals surface area (Å²) < 4.78 is 0.0766. The van der Waals surface area contributed by atoms with Crippen molar-refractivity contribution in [3.63, 3.8) is 0 Å². The van der Waals surface area contributed by atoms with Crippen molar-refractivity contribution >= 4 is 11.8 Å². The lowest BCUT2D eigenvalue weighted by Crippen LogP contribution is -2.49. The Labute approximate surface area is 94.9 Å². The summed E-state index contributed by atoms with van der Waals surface area (Å²) in [6.07, 6.45) is 1.50. The number of aliphatic hydroxyl groups excluding tert-OH is 1. The highest BCUT2D eigenvalue weighted by molar-refractivity contribution is 8.00. The topological polar surface area (TPSA) is 46.2 Å². The second-order valence-electron chi connectivity index (χ2n) is 4.37. The SMILES string of the molecule is Cc1cccc(SC2(CN)CC(O)C2)c1. The quantitative estimate of drug-likeness (QED) is 0.823. The molecule has 1 fully saturated rings. The third-order valence-corrected chi connectivity index (χ3v) is 4.33. The van der Waals surface area contributed by atoms with Gasteiger partial charge in [-0.3, -0.25) is 0 Å². The van der Waals surface area contributed by atoms with Gasteiger partial charge in [-0.25, -0.2) is 0 Å². The van der Waals surface area contributed by atoms with Crippen LogP contribution in [0.5, 0.6) is 0 Å². The van der Waals surface area contributed by atoms with Gasteiger partial charge in [0, 0.05) is 16.2 Å². The van der Waals surface area contributed by atoms with Crippen LogP contribution in [0, 0.1) is 6.92 Å². The molecule has 0 unspecified atom stereocenters. The molecule has 0 spiro atoms. The molecule has 0 amide bonds. The molecule has 0 aliphatic heterocycles. The molecule has 1 aliphatic carbocycles. The van der Waals surface area contributed by atoms with Crippen LogP contribution >= 0.6 is 11.8 Å². The van der Waals surface area contributed by atoms with Gasteiger partial charge < -0.3 is 10.8 Å². The van der Waals surface area contributed by atoms with E-state index in [1.807, 2.05) is 11.8 Å². The Kier molecular flexibility index (Phi) is 3.05. The zero-order valence-electron chi connectivity index (χ0n) is 8.94. The molecule has 82 valence electrons. The summed E-state index contributed by atoms with van der Waals surface area (Å²) in [6.45, 7) is 2.73. The fourth-order valence-electron chi connectivity index (χ4n) is 2.02. The summed E-state index contributed by atoms with van der Waals surface area (Å²) in [5.74, 6) is 0. The first-order chi connectivity index (χ1) is 7.13. The van der Waals surface area contributed by atoms with Crippen LogP contribution < -0.4 is 5.73 Å². The van der Waals surface area contributed by atoms with Gasteiger partial charge in [0.25, 0.3) is 0 Å². The Bertz CT molecular complexity index is 347. The Hall–Kier alpha value is -0.510. The monoisotopic (exact) mass is 223 g/mol. The van der Waals surface area contributed by atoms with Gasteiger partial charge in [-0.05, 0) is 31.9 Å². The van der Waals surface area contributed by atoms with Crippen molar-refractivity contribution in [3.05, 3.63) is 29.8 Å². The normalized spacial score (nSPS) is 29.9. The van der Waals surface area contributed by atoms with Gasteiger partial charge in [0.2, 0.25) is 0 Å². The standard InChI is InChI=1S/C12H17NOS/c1-9-3-2-4-11(5-9)15-12(8-13)6-10(14)7-12/h2-5,10,14H,6-8,13H2,1H3. The first kappa shape index (κ1) is 11.0. The molecule has 0 saturated heterocycles. The molecule has 3 N–H and O–H groups in total. The van der Waals surface area contributed by atoms with Gasteiger partial charge >= 0.3 is 0 Å². The molecular formula is C12H17NOS. The van der Waals surface area contributed by atoms with E-state index in [-0.39, 0.29) is 10.9 Å². The molecule has 2 rings (SSSR count). The minimum absolute atomic E-state index is 0.0766. The van der Waals surface area contributed by atoms with Crippen molar-refractivity contribution in [2.75, 3.05) is 6.54 Å². The maximum Gasteiger partial charge on any atom is 0.0568 e. The maximum absolute atomic E-state index is 9.38. The van der Waals surface area contributed by atoms with Gasteiger partial charge in [-0.15, -0.1) is 11.8 Å². The average molecular weight is 223 g/mol. The van der Waals surface area contributed by atoms with Crippen molar-refractivity contribution < 1.29 is 5.11 Å². The van der Waals surface area contributed by atoms with Crippen molar-refractivity contribution in [1.29, 1.82) is 0 Å². The van der Waals surface area contributed by atoms with E-state index in [9.17, 15) is 5.11 Å². The third kappa shape index (κ3) is 2.36. The van der Waals surface area contributed by atoms with E-state index in [1.54, 1.807) is 0 Å². The van der Waals surface area contributed by atoms with E-state index in [2.05, 4.69) is 31.2 Å². The van der Waals surface area contributed by atoms with Crippen LogP contribution in [-0.4, -0.2) is 22.5 Å².